The van der Waals surface area contributed by atoms with Crippen molar-refractivity contribution >= 4 is 10.0 Å². The summed E-state index contributed by atoms with van der Waals surface area (Å²) < 4.78 is 52.1. The number of nitrogens with one attached hydrogen (secondary N) is 1. The Morgan fingerprint density at radius 2 is 2.11 bits per heavy atom. The average Bonchev–Trinajstić information content (AvgIpc) is 2.84. The molecule has 4 nitrogen and oxygen atoms in total. The molecule has 0 spiro atoms. The Labute approximate surface area is 105 Å². The summed E-state index contributed by atoms with van der Waals surface area (Å²) in [4.78, 5) is -0.614. The highest BCUT2D eigenvalue weighted by Gasteiger charge is 2.32. The molecule has 0 radical (unpaired) electrons. The molecular weight excluding hydrogens is 262 g/mol. The maximum absolute atomic E-state index is 13.5. The molecule has 0 saturated carbocycles. The third-order valence-corrected chi connectivity index (χ3v) is 5.02. The van der Waals surface area contributed by atoms with Crippen LogP contribution < -0.4 is 5.32 Å². The minimum Gasteiger partial charge on any atom is -0.315 e. The lowest BCUT2D eigenvalue weighted by molar-refractivity contribution is 0.384. The van der Waals surface area contributed by atoms with Crippen molar-refractivity contribution in [2.75, 3.05) is 20.1 Å². The van der Waals surface area contributed by atoms with Crippen LogP contribution in [0.3, 0.4) is 0 Å². The smallest absolute Gasteiger partial charge is 0.246 e. The van der Waals surface area contributed by atoms with Crippen LogP contribution in [0.1, 0.15) is 6.42 Å². The molecule has 1 atom stereocenters. The molecule has 1 saturated heterocycles. The third-order valence-electron chi connectivity index (χ3n) is 3.10. The molecule has 18 heavy (non-hydrogen) atoms. The first kappa shape index (κ1) is 13.4. The monoisotopic (exact) mass is 276 g/mol. The van der Waals surface area contributed by atoms with Crippen LogP contribution in [0.5, 0.6) is 0 Å². The van der Waals surface area contributed by atoms with Gasteiger partial charge >= 0.3 is 0 Å². The fraction of sp³-hybridized carbons (Fsp3) is 0.455. The van der Waals surface area contributed by atoms with Crippen molar-refractivity contribution < 1.29 is 17.2 Å². The van der Waals surface area contributed by atoms with E-state index < -0.39 is 26.6 Å². The number of benzene rings is 1. The number of halogens is 2. The zero-order valence-electron chi connectivity index (χ0n) is 9.86. The summed E-state index contributed by atoms with van der Waals surface area (Å²) in [6, 6.07) is 2.20. The summed E-state index contributed by atoms with van der Waals surface area (Å²) in [7, 11) is -2.61. The van der Waals surface area contributed by atoms with Gasteiger partial charge in [-0.2, -0.15) is 4.31 Å². The lowest BCUT2D eigenvalue weighted by Crippen LogP contribution is -2.38. The minimum absolute atomic E-state index is 0.224. The second-order valence-electron chi connectivity index (χ2n) is 4.24. The summed E-state index contributed by atoms with van der Waals surface area (Å²) >= 11 is 0. The van der Waals surface area contributed by atoms with Crippen molar-refractivity contribution in [3.05, 3.63) is 29.8 Å². The highest BCUT2D eigenvalue weighted by molar-refractivity contribution is 7.89. The molecule has 1 fully saturated rings. The lowest BCUT2D eigenvalue weighted by Gasteiger charge is -2.23. The van der Waals surface area contributed by atoms with Crippen molar-refractivity contribution in [1.29, 1.82) is 0 Å². The Kier molecular flexibility index (Phi) is 3.65. The number of hydrogen-bond donors (Lipinski definition) is 1. The maximum Gasteiger partial charge on any atom is 0.246 e. The Morgan fingerprint density at radius 1 is 1.39 bits per heavy atom. The zero-order valence-corrected chi connectivity index (χ0v) is 10.7. The Bertz CT molecular complexity index is 542. The summed E-state index contributed by atoms with van der Waals surface area (Å²) in [6.07, 6.45) is 0.659. The van der Waals surface area contributed by atoms with Crippen LogP contribution >= 0.6 is 0 Å². The van der Waals surface area contributed by atoms with Gasteiger partial charge in [0, 0.05) is 19.6 Å². The van der Waals surface area contributed by atoms with Gasteiger partial charge in [-0.15, -0.1) is 0 Å². The summed E-state index contributed by atoms with van der Waals surface area (Å²) in [6.45, 7) is 1.24. The standard InChI is InChI=1S/C11H14F2N2O2S/c1-15(9-4-5-14-7-9)18(16,17)11-6-8(12)2-3-10(11)13/h2-3,6,9,14H,4-5,7H2,1H3/t9-/m1/s1. The molecule has 1 aliphatic rings. The van der Waals surface area contributed by atoms with Gasteiger partial charge in [0.1, 0.15) is 16.5 Å². The second kappa shape index (κ2) is 4.91. The minimum atomic E-state index is -4.00. The molecular formula is C11H14F2N2O2S. The first-order chi connectivity index (χ1) is 8.43. The van der Waals surface area contributed by atoms with Gasteiger partial charge in [0.25, 0.3) is 0 Å². The fourth-order valence-corrected chi connectivity index (χ4v) is 3.43. The van der Waals surface area contributed by atoms with Crippen LogP contribution in [-0.2, 0) is 10.0 Å². The van der Waals surface area contributed by atoms with Crippen molar-refractivity contribution in [1.82, 2.24) is 9.62 Å². The fourth-order valence-electron chi connectivity index (χ4n) is 1.98. The van der Waals surface area contributed by atoms with Gasteiger partial charge in [0.15, 0.2) is 0 Å². The van der Waals surface area contributed by atoms with Gasteiger partial charge in [-0.3, -0.25) is 0 Å². The zero-order chi connectivity index (χ0) is 13.3. The number of likely N-dealkylation sites (N-methyl/N-ethyl adjacent to an activating group) is 1. The van der Waals surface area contributed by atoms with E-state index >= 15 is 0 Å². The van der Waals surface area contributed by atoms with E-state index in [9.17, 15) is 17.2 Å². The molecule has 0 aliphatic carbocycles. The summed E-state index contributed by atoms with van der Waals surface area (Å²) in [5, 5.41) is 3.03. The van der Waals surface area contributed by atoms with Gasteiger partial charge in [0.2, 0.25) is 10.0 Å². The van der Waals surface area contributed by atoms with Gasteiger partial charge < -0.3 is 5.32 Å². The van der Waals surface area contributed by atoms with E-state index in [1.165, 1.54) is 7.05 Å². The third kappa shape index (κ3) is 2.38. The van der Waals surface area contributed by atoms with E-state index in [0.717, 1.165) is 23.0 Å². The average molecular weight is 276 g/mol. The molecule has 1 aliphatic heterocycles. The molecule has 100 valence electrons. The van der Waals surface area contributed by atoms with Crippen LogP contribution in [0.25, 0.3) is 0 Å². The van der Waals surface area contributed by atoms with Gasteiger partial charge in [-0.05, 0) is 31.2 Å². The van der Waals surface area contributed by atoms with Crippen LogP contribution in [0.15, 0.2) is 23.1 Å². The molecule has 1 aromatic carbocycles. The van der Waals surface area contributed by atoms with E-state index in [0.29, 0.717) is 19.0 Å². The maximum atomic E-state index is 13.5. The first-order valence-electron chi connectivity index (χ1n) is 5.57. The molecule has 1 aromatic rings. The van der Waals surface area contributed by atoms with Crippen LogP contribution in [0, 0.1) is 11.6 Å². The topological polar surface area (TPSA) is 49.4 Å². The Morgan fingerprint density at radius 3 is 2.72 bits per heavy atom. The van der Waals surface area contributed by atoms with Crippen LogP contribution in [0.4, 0.5) is 8.78 Å². The predicted octanol–water partition coefficient (Wildman–Crippen LogP) is 0.947. The number of nitrogens with zero attached hydrogens (tertiary/aromatic N) is 1. The molecule has 1 N–H and O–H groups in total. The highest BCUT2D eigenvalue weighted by atomic mass is 32.2. The lowest BCUT2D eigenvalue weighted by atomic mass is 10.3. The van der Waals surface area contributed by atoms with E-state index in [4.69, 9.17) is 0 Å². The second-order valence-corrected chi connectivity index (χ2v) is 6.21. The SMILES string of the molecule is CN([C@@H]1CCNC1)S(=O)(=O)c1cc(F)ccc1F. The number of sulfonamides is 1. The van der Waals surface area contributed by atoms with Crippen molar-refractivity contribution in [3.63, 3.8) is 0 Å². The van der Waals surface area contributed by atoms with Crippen LogP contribution in [0.2, 0.25) is 0 Å². The van der Waals surface area contributed by atoms with E-state index in [2.05, 4.69) is 5.32 Å². The highest BCUT2D eigenvalue weighted by Crippen LogP contribution is 2.22. The number of hydrogen-bond acceptors (Lipinski definition) is 3. The van der Waals surface area contributed by atoms with Gasteiger partial charge in [-0.25, -0.2) is 17.2 Å². The quantitative estimate of drug-likeness (QED) is 0.894. The normalized spacial score (nSPS) is 20.6. The molecule has 0 aromatic heterocycles. The largest absolute Gasteiger partial charge is 0.315 e. The van der Waals surface area contributed by atoms with E-state index in [1.54, 1.807) is 0 Å². The molecule has 2 rings (SSSR count). The first-order valence-corrected chi connectivity index (χ1v) is 7.01. The molecule has 0 unspecified atom stereocenters. The van der Waals surface area contributed by atoms with Crippen molar-refractivity contribution in [2.24, 2.45) is 0 Å². The Hall–Kier alpha value is -1.05. The van der Waals surface area contributed by atoms with Crippen molar-refractivity contribution in [2.45, 2.75) is 17.4 Å². The van der Waals surface area contributed by atoms with Gasteiger partial charge in [0.05, 0.1) is 0 Å². The molecule has 0 amide bonds. The van der Waals surface area contributed by atoms with Gasteiger partial charge in [-0.1, -0.05) is 0 Å². The Balaban J connectivity index is 2.37. The number of rotatable bonds is 3. The van der Waals surface area contributed by atoms with E-state index in [1.807, 2.05) is 0 Å². The van der Waals surface area contributed by atoms with Crippen LogP contribution in [-0.4, -0.2) is 38.9 Å². The van der Waals surface area contributed by atoms with Crippen molar-refractivity contribution in [3.8, 4) is 0 Å². The molecule has 1 heterocycles. The summed E-state index contributed by atoms with van der Waals surface area (Å²) in [5.41, 5.74) is 0. The molecule has 7 heteroatoms. The summed E-state index contributed by atoms with van der Waals surface area (Å²) in [5.74, 6) is -1.71. The van der Waals surface area contributed by atoms with E-state index in [-0.39, 0.29) is 6.04 Å². The molecule has 0 bridgehead atoms. The predicted molar refractivity (Wildman–Crippen MR) is 62.6 cm³/mol.